The summed E-state index contributed by atoms with van der Waals surface area (Å²) in [5, 5.41) is 2.86. The highest BCUT2D eigenvalue weighted by Gasteiger charge is 2.42. The van der Waals surface area contributed by atoms with Crippen LogP contribution >= 0.6 is 24.0 Å². The maximum atomic E-state index is 13.5. The zero-order valence-electron chi connectivity index (χ0n) is 18.8. The molecule has 7 nitrogen and oxygen atoms in total. The van der Waals surface area contributed by atoms with Gasteiger partial charge >= 0.3 is 0 Å². The molecular weight excluding hydrogens is 470 g/mol. The summed E-state index contributed by atoms with van der Waals surface area (Å²) in [5.41, 5.74) is 2.52. The van der Waals surface area contributed by atoms with Crippen molar-refractivity contribution in [3.63, 3.8) is 0 Å². The minimum absolute atomic E-state index is 0.138. The Morgan fingerprint density at radius 3 is 2.53 bits per heavy atom. The van der Waals surface area contributed by atoms with Crippen LogP contribution in [0.25, 0.3) is 5.57 Å². The maximum Gasteiger partial charge on any atom is 0.267 e. The van der Waals surface area contributed by atoms with E-state index < -0.39 is 0 Å². The van der Waals surface area contributed by atoms with E-state index >= 15 is 0 Å². The van der Waals surface area contributed by atoms with Crippen molar-refractivity contribution < 1.29 is 19.1 Å². The summed E-state index contributed by atoms with van der Waals surface area (Å²) in [4.78, 5) is 42.6. The molecule has 0 aromatic heterocycles. The van der Waals surface area contributed by atoms with Gasteiger partial charge in [-0.05, 0) is 25.0 Å². The molecule has 2 aliphatic rings. The molecule has 0 spiro atoms. The van der Waals surface area contributed by atoms with Gasteiger partial charge in [-0.15, -0.1) is 0 Å². The Bertz CT molecular complexity index is 1150. The third-order valence-corrected chi connectivity index (χ3v) is 6.96. The molecule has 2 aliphatic heterocycles. The number of para-hydroxylation sites is 1. The van der Waals surface area contributed by atoms with E-state index in [4.69, 9.17) is 17.0 Å². The molecule has 3 amide bonds. The van der Waals surface area contributed by atoms with Crippen molar-refractivity contribution in [1.82, 2.24) is 10.2 Å². The zero-order chi connectivity index (χ0) is 24.1. The largest absolute Gasteiger partial charge is 0.382 e. The first kappa shape index (κ1) is 24.1. The summed E-state index contributed by atoms with van der Waals surface area (Å²) >= 11 is 6.57. The number of nitrogens with zero attached hydrogens (tertiary/aromatic N) is 2. The molecular formula is C25H25N3O4S2. The minimum atomic E-state index is -0.370. The average Bonchev–Trinajstić information content (AvgIpc) is 3.28. The molecule has 2 aromatic carbocycles. The molecule has 1 saturated heterocycles. The molecule has 9 heteroatoms. The quantitative estimate of drug-likeness (QED) is 0.327. The first-order chi connectivity index (χ1) is 16.5. The Morgan fingerprint density at radius 2 is 1.76 bits per heavy atom. The van der Waals surface area contributed by atoms with E-state index in [2.05, 4.69) is 5.32 Å². The number of thiocarbonyl (C=S) groups is 1. The van der Waals surface area contributed by atoms with Crippen molar-refractivity contribution in [2.45, 2.75) is 19.9 Å². The molecule has 0 aliphatic carbocycles. The van der Waals surface area contributed by atoms with Gasteiger partial charge in [0.05, 0.1) is 16.2 Å². The van der Waals surface area contributed by atoms with Crippen LogP contribution in [0.2, 0.25) is 0 Å². The van der Waals surface area contributed by atoms with E-state index in [1.54, 1.807) is 12.1 Å². The molecule has 0 saturated carbocycles. The number of thioether (sulfide) groups is 1. The van der Waals surface area contributed by atoms with Gasteiger partial charge in [0, 0.05) is 31.9 Å². The summed E-state index contributed by atoms with van der Waals surface area (Å²) in [7, 11) is 0. The third-order valence-electron chi connectivity index (χ3n) is 5.51. The number of benzene rings is 2. The van der Waals surface area contributed by atoms with Crippen LogP contribution in [-0.4, -0.2) is 53.2 Å². The lowest BCUT2D eigenvalue weighted by Gasteiger charge is -2.17. The van der Waals surface area contributed by atoms with Crippen molar-refractivity contribution in [1.29, 1.82) is 0 Å². The molecule has 0 bridgehead atoms. The van der Waals surface area contributed by atoms with Crippen LogP contribution < -0.4 is 10.2 Å². The normalized spacial score (nSPS) is 17.5. The van der Waals surface area contributed by atoms with Crippen LogP contribution in [0.4, 0.5) is 5.69 Å². The highest BCUT2D eigenvalue weighted by Crippen LogP contribution is 2.44. The summed E-state index contributed by atoms with van der Waals surface area (Å²) in [6, 6.07) is 16.8. The molecule has 2 heterocycles. The zero-order valence-corrected chi connectivity index (χ0v) is 20.4. The second-order valence-electron chi connectivity index (χ2n) is 7.75. The van der Waals surface area contributed by atoms with Crippen molar-refractivity contribution in [2.24, 2.45) is 0 Å². The molecule has 0 radical (unpaired) electrons. The maximum absolute atomic E-state index is 13.5. The fraction of sp³-hybridized carbons (Fsp3) is 0.280. The number of carbonyl (C=O) groups excluding carboxylic acids is 3. The molecule has 34 heavy (non-hydrogen) atoms. The minimum Gasteiger partial charge on any atom is -0.382 e. The van der Waals surface area contributed by atoms with Crippen LogP contribution in [0.1, 0.15) is 24.5 Å². The third kappa shape index (κ3) is 5.06. The summed E-state index contributed by atoms with van der Waals surface area (Å²) in [6.45, 7) is 3.73. The smallest absolute Gasteiger partial charge is 0.267 e. The van der Waals surface area contributed by atoms with E-state index in [1.807, 2.05) is 49.4 Å². The molecule has 0 atom stereocenters. The SMILES string of the molecule is CCOCCCN1C(=O)/C(=C2/C(=O)N(CC(=O)NCc3ccccc3)c3ccccc32)SC1=S. The number of rotatable bonds is 9. The molecule has 176 valence electrons. The van der Waals surface area contributed by atoms with Gasteiger partial charge in [-0.2, -0.15) is 0 Å². The van der Waals surface area contributed by atoms with Crippen molar-refractivity contribution >= 4 is 57.3 Å². The summed E-state index contributed by atoms with van der Waals surface area (Å²) < 4.78 is 5.78. The topological polar surface area (TPSA) is 79.0 Å². The second kappa shape index (κ2) is 10.9. The number of nitrogens with one attached hydrogen (secondary N) is 1. The van der Waals surface area contributed by atoms with Crippen molar-refractivity contribution in [3.8, 4) is 0 Å². The number of amides is 3. The van der Waals surface area contributed by atoms with Gasteiger partial charge < -0.3 is 10.1 Å². The number of hydrogen-bond acceptors (Lipinski definition) is 6. The summed E-state index contributed by atoms with van der Waals surface area (Å²) in [6.07, 6.45) is 0.654. The van der Waals surface area contributed by atoms with E-state index in [-0.39, 0.29) is 24.3 Å². The predicted molar refractivity (Wildman–Crippen MR) is 137 cm³/mol. The Morgan fingerprint density at radius 1 is 1.03 bits per heavy atom. The highest BCUT2D eigenvalue weighted by atomic mass is 32.2. The second-order valence-corrected chi connectivity index (χ2v) is 9.39. The number of fused-ring (bicyclic) bond motifs is 1. The fourth-order valence-electron chi connectivity index (χ4n) is 3.86. The van der Waals surface area contributed by atoms with Crippen molar-refractivity contribution in [2.75, 3.05) is 31.2 Å². The van der Waals surface area contributed by atoms with Crippen LogP contribution in [0.15, 0.2) is 59.5 Å². The Labute approximate surface area is 208 Å². The Hall–Kier alpha value is -3.01. The summed E-state index contributed by atoms with van der Waals surface area (Å²) in [5.74, 6) is -0.928. The van der Waals surface area contributed by atoms with Crippen LogP contribution in [0, 0.1) is 0 Å². The number of anilines is 1. The van der Waals surface area contributed by atoms with Gasteiger partial charge in [-0.25, -0.2) is 0 Å². The van der Waals surface area contributed by atoms with E-state index in [9.17, 15) is 14.4 Å². The van der Waals surface area contributed by atoms with Gasteiger partial charge in [0.15, 0.2) is 0 Å². The lowest BCUT2D eigenvalue weighted by Crippen LogP contribution is -2.38. The van der Waals surface area contributed by atoms with Crippen LogP contribution in [0.5, 0.6) is 0 Å². The standard InChI is InChI=1S/C25H25N3O4S2/c1-2-32-14-8-13-27-24(31)22(34-25(27)33)21-18-11-6-7-12-19(18)28(23(21)30)16-20(29)26-15-17-9-4-3-5-10-17/h3-7,9-12H,2,8,13-16H2,1H3,(H,26,29)/b22-21-. The lowest BCUT2D eigenvalue weighted by atomic mass is 10.1. The average molecular weight is 496 g/mol. The monoisotopic (exact) mass is 495 g/mol. The highest BCUT2D eigenvalue weighted by molar-refractivity contribution is 8.26. The van der Waals surface area contributed by atoms with Crippen molar-refractivity contribution in [3.05, 3.63) is 70.6 Å². The van der Waals surface area contributed by atoms with E-state index in [1.165, 1.54) is 9.80 Å². The molecule has 1 N–H and O–H groups in total. The first-order valence-corrected chi connectivity index (χ1v) is 12.3. The molecule has 2 aromatic rings. The van der Waals surface area contributed by atoms with Gasteiger partial charge in [0.1, 0.15) is 10.9 Å². The molecule has 1 fully saturated rings. The van der Waals surface area contributed by atoms with E-state index in [0.717, 1.165) is 17.3 Å². The molecule has 4 rings (SSSR count). The Kier molecular flexibility index (Phi) is 7.77. The van der Waals surface area contributed by atoms with Crippen LogP contribution in [0.3, 0.4) is 0 Å². The lowest BCUT2D eigenvalue weighted by molar-refractivity contribution is -0.122. The number of ether oxygens (including phenoxy) is 1. The molecule has 0 unspecified atom stereocenters. The first-order valence-electron chi connectivity index (χ1n) is 11.1. The van der Waals surface area contributed by atoms with Gasteiger partial charge in [-0.1, -0.05) is 72.5 Å². The van der Waals surface area contributed by atoms with Gasteiger partial charge in [-0.3, -0.25) is 24.2 Å². The number of hydrogen-bond donors (Lipinski definition) is 1. The number of carbonyl (C=O) groups is 3. The van der Waals surface area contributed by atoms with E-state index in [0.29, 0.717) is 58.8 Å². The van der Waals surface area contributed by atoms with Gasteiger partial charge in [0.2, 0.25) is 5.91 Å². The Balaban J connectivity index is 1.53. The van der Waals surface area contributed by atoms with Crippen LogP contribution in [-0.2, 0) is 25.7 Å². The fourth-order valence-corrected chi connectivity index (χ4v) is 5.24. The van der Waals surface area contributed by atoms with Gasteiger partial charge in [0.25, 0.3) is 11.8 Å². The predicted octanol–water partition coefficient (Wildman–Crippen LogP) is 3.35.